The van der Waals surface area contributed by atoms with Crippen molar-refractivity contribution in [1.82, 2.24) is 9.97 Å². The number of ether oxygens (including phenoxy) is 1. The van der Waals surface area contributed by atoms with Gasteiger partial charge in [-0.1, -0.05) is 23.2 Å². The summed E-state index contributed by atoms with van der Waals surface area (Å²) in [6.07, 6.45) is 0. The lowest BCUT2D eigenvalue weighted by atomic mass is 10.2. The van der Waals surface area contributed by atoms with Crippen molar-refractivity contribution in [1.29, 1.82) is 0 Å². The van der Waals surface area contributed by atoms with Crippen LogP contribution in [-0.2, 0) is 11.3 Å². The number of anilines is 1. The lowest BCUT2D eigenvalue weighted by Gasteiger charge is -2.10. The van der Waals surface area contributed by atoms with Crippen LogP contribution in [0, 0.1) is 6.92 Å². The van der Waals surface area contributed by atoms with Crippen LogP contribution in [0.1, 0.15) is 21.7 Å². The Morgan fingerprint density at radius 2 is 2.20 bits per heavy atom. The number of halogens is 2. The largest absolute Gasteiger partial charge is 0.464 e. The Morgan fingerprint density at radius 3 is 2.85 bits per heavy atom. The van der Waals surface area contributed by atoms with Crippen LogP contribution in [0.5, 0.6) is 0 Å². The number of rotatable bonds is 4. The molecule has 0 saturated carbocycles. The van der Waals surface area contributed by atoms with E-state index < -0.39 is 5.97 Å². The highest BCUT2D eigenvalue weighted by molar-refractivity contribution is 6.34. The molecule has 2 aromatic rings. The second-order valence-corrected chi connectivity index (χ2v) is 4.92. The normalized spacial score (nSPS) is 10.4. The van der Waals surface area contributed by atoms with E-state index >= 15 is 0 Å². The van der Waals surface area contributed by atoms with Gasteiger partial charge < -0.3 is 15.0 Å². The summed E-state index contributed by atoms with van der Waals surface area (Å²) in [5, 5.41) is 3.83. The zero-order chi connectivity index (χ0) is 14.7. The van der Waals surface area contributed by atoms with Crippen molar-refractivity contribution in [3.8, 4) is 0 Å². The Morgan fingerprint density at radius 1 is 1.45 bits per heavy atom. The molecule has 106 valence electrons. The van der Waals surface area contributed by atoms with E-state index in [0.29, 0.717) is 28.2 Å². The summed E-state index contributed by atoms with van der Waals surface area (Å²) in [6, 6.07) is 5.19. The Bertz CT molecular complexity index is 617. The van der Waals surface area contributed by atoms with Gasteiger partial charge in [0.1, 0.15) is 10.8 Å². The van der Waals surface area contributed by atoms with Crippen molar-refractivity contribution in [3.05, 3.63) is 45.5 Å². The molecule has 0 bridgehead atoms. The van der Waals surface area contributed by atoms with Crippen molar-refractivity contribution < 1.29 is 9.53 Å². The maximum absolute atomic E-state index is 11.3. The van der Waals surface area contributed by atoms with Gasteiger partial charge in [0.25, 0.3) is 0 Å². The quantitative estimate of drug-likeness (QED) is 0.670. The van der Waals surface area contributed by atoms with E-state index in [1.165, 1.54) is 7.11 Å². The molecule has 0 fully saturated rings. The fourth-order valence-corrected chi connectivity index (χ4v) is 2.36. The van der Waals surface area contributed by atoms with Gasteiger partial charge in [-0.15, -0.1) is 0 Å². The van der Waals surface area contributed by atoms with E-state index in [1.807, 2.05) is 6.92 Å². The topological polar surface area (TPSA) is 67.0 Å². The summed E-state index contributed by atoms with van der Waals surface area (Å²) in [6.45, 7) is 2.36. The second-order valence-electron chi connectivity index (χ2n) is 4.17. The Balaban J connectivity index is 2.09. The summed E-state index contributed by atoms with van der Waals surface area (Å²) in [4.78, 5) is 18.3. The van der Waals surface area contributed by atoms with Gasteiger partial charge in [-0.25, -0.2) is 9.78 Å². The maximum Gasteiger partial charge on any atom is 0.354 e. The Hall–Kier alpha value is -1.72. The van der Waals surface area contributed by atoms with Gasteiger partial charge in [0.05, 0.1) is 19.3 Å². The number of aromatic nitrogens is 2. The third kappa shape index (κ3) is 3.23. The minimum absolute atomic E-state index is 0.315. The second kappa shape index (κ2) is 6.15. The number of esters is 1. The van der Waals surface area contributed by atoms with E-state index in [9.17, 15) is 4.79 Å². The van der Waals surface area contributed by atoms with Crippen LogP contribution < -0.4 is 5.32 Å². The number of nitrogens with one attached hydrogen (secondary N) is 2. The summed E-state index contributed by atoms with van der Waals surface area (Å²) < 4.78 is 4.63. The minimum atomic E-state index is -0.404. The van der Waals surface area contributed by atoms with E-state index in [-0.39, 0.29) is 0 Å². The number of hydrogen-bond acceptors (Lipinski definition) is 4. The number of methoxy groups -OCH3 is 1. The first kappa shape index (κ1) is 14.7. The number of H-pyrrole nitrogens is 1. The number of pyridine rings is 1. The van der Waals surface area contributed by atoms with Gasteiger partial charge >= 0.3 is 5.97 Å². The molecule has 0 radical (unpaired) electrons. The highest BCUT2D eigenvalue weighted by Gasteiger charge is 2.10. The molecule has 0 amide bonds. The van der Waals surface area contributed by atoms with Crippen molar-refractivity contribution in [2.45, 2.75) is 13.5 Å². The molecule has 20 heavy (non-hydrogen) atoms. The van der Waals surface area contributed by atoms with Crippen LogP contribution in [0.4, 0.5) is 5.69 Å². The van der Waals surface area contributed by atoms with Crippen LogP contribution in [0.3, 0.4) is 0 Å². The molecule has 2 aromatic heterocycles. The maximum atomic E-state index is 11.3. The zero-order valence-corrected chi connectivity index (χ0v) is 12.5. The van der Waals surface area contributed by atoms with Crippen LogP contribution in [0.25, 0.3) is 0 Å². The average Bonchev–Trinajstić information content (AvgIpc) is 2.85. The molecule has 0 aliphatic rings. The number of nitrogens with zero attached hydrogens (tertiary/aromatic N) is 1. The van der Waals surface area contributed by atoms with Crippen LogP contribution in [-0.4, -0.2) is 23.0 Å². The predicted octanol–water partition coefficient (Wildman–Crippen LogP) is 3.42. The molecular formula is C13H13Cl2N3O2. The Labute approximate surface area is 126 Å². The number of aryl methyl sites for hydroxylation is 1. The zero-order valence-electron chi connectivity index (χ0n) is 11.0. The lowest BCUT2D eigenvalue weighted by Crippen LogP contribution is -2.05. The molecule has 0 aliphatic carbocycles. The lowest BCUT2D eigenvalue weighted by molar-refractivity contribution is 0.0594. The molecule has 2 heterocycles. The van der Waals surface area contributed by atoms with E-state index in [4.69, 9.17) is 23.2 Å². The molecule has 2 rings (SSSR count). The van der Waals surface area contributed by atoms with E-state index in [2.05, 4.69) is 20.0 Å². The molecule has 0 saturated heterocycles. The fourth-order valence-electron chi connectivity index (χ4n) is 1.76. The average molecular weight is 314 g/mol. The van der Waals surface area contributed by atoms with Crippen LogP contribution >= 0.6 is 23.2 Å². The first-order chi connectivity index (χ1) is 9.51. The summed E-state index contributed by atoms with van der Waals surface area (Å²) >= 11 is 11.8. The number of carbonyl (C=O) groups excluding carboxylic acids is 1. The van der Waals surface area contributed by atoms with Crippen LogP contribution in [0.15, 0.2) is 18.2 Å². The number of hydrogen-bond donors (Lipinski definition) is 2. The fraction of sp³-hybridized carbons (Fsp3) is 0.231. The van der Waals surface area contributed by atoms with Crippen molar-refractivity contribution >= 4 is 34.9 Å². The smallest absolute Gasteiger partial charge is 0.354 e. The highest BCUT2D eigenvalue weighted by atomic mass is 35.5. The summed E-state index contributed by atoms with van der Waals surface area (Å²) in [7, 11) is 1.34. The van der Waals surface area contributed by atoms with Gasteiger partial charge in [-0.3, -0.25) is 0 Å². The molecule has 0 atom stereocenters. The van der Waals surface area contributed by atoms with Crippen molar-refractivity contribution in [2.75, 3.05) is 12.4 Å². The van der Waals surface area contributed by atoms with Gasteiger partial charge in [0.2, 0.25) is 0 Å². The standard InChI is InChI=1S/C13H13Cl2N3O2/c1-7-5-10(14)18-12(15)11(7)16-6-8-3-4-9(17-8)13(19)20-2/h3-5,16-17H,6H2,1-2H3. The third-order valence-electron chi connectivity index (χ3n) is 2.75. The molecule has 2 N–H and O–H groups in total. The Kier molecular flexibility index (Phi) is 4.52. The predicted molar refractivity (Wildman–Crippen MR) is 78.5 cm³/mol. The molecule has 0 spiro atoms. The molecule has 0 aliphatic heterocycles. The highest BCUT2D eigenvalue weighted by Crippen LogP contribution is 2.26. The van der Waals surface area contributed by atoms with Crippen molar-refractivity contribution in [3.63, 3.8) is 0 Å². The molecule has 0 unspecified atom stereocenters. The summed E-state index contributed by atoms with van der Waals surface area (Å²) in [5.41, 5.74) is 2.84. The van der Waals surface area contributed by atoms with Gasteiger partial charge in [0, 0.05) is 5.69 Å². The van der Waals surface area contributed by atoms with Crippen molar-refractivity contribution in [2.24, 2.45) is 0 Å². The molecule has 0 aromatic carbocycles. The van der Waals surface area contributed by atoms with Gasteiger partial charge in [-0.05, 0) is 30.7 Å². The van der Waals surface area contributed by atoms with Gasteiger partial charge in [-0.2, -0.15) is 0 Å². The van der Waals surface area contributed by atoms with E-state index in [0.717, 1.165) is 11.3 Å². The minimum Gasteiger partial charge on any atom is -0.464 e. The van der Waals surface area contributed by atoms with Crippen LogP contribution in [0.2, 0.25) is 10.3 Å². The van der Waals surface area contributed by atoms with Gasteiger partial charge in [0.15, 0.2) is 5.15 Å². The third-order valence-corrected chi connectivity index (χ3v) is 3.22. The molecule has 5 nitrogen and oxygen atoms in total. The molecule has 7 heteroatoms. The first-order valence-corrected chi connectivity index (χ1v) is 6.59. The monoisotopic (exact) mass is 313 g/mol. The first-order valence-electron chi connectivity index (χ1n) is 5.84. The van der Waals surface area contributed by atoms with E-state index in [1.54, 1.807) is 18.2 Å². The summed E-state index contributed by atoms with van der Waals surface area (Å²) in [5.74, 6) is -0.404. The number of carbonyl (C=O) groups is 1. The number of aromatic amines is 1. The molecular weight excluding hydrogens is 301 g/mol. The SMILES string of the molecule is COC(=O)c1ccc(CNc2c(C)cc(Cl)nc2Cl)[nH]1.